The topological polar surface area (TPSA) is 37.3 Å². The molecule has 0 aliphatic heterocycles. The lowest BCUT2D eigenvalue weighted by atomic mass is 9.99. The van der Waals surface area contributed by atoms with Crippen LogP contribution in [-0.2, 0) is 4.79 Å². The number of carbonyl (C=O) groups is 1. The molecule has 0 aromatic rings. The molecule has 2 nitrogen and oxygen atoms in total. The van der Waals surface area contributed by atoms with E-state index in [1.54, 1.807) is 0 Å². The first-order valence-corrected chi connectivity index (χ1v) is 6.00. The number of unbranched alkanes of at least 4 members (excludes halogenated alkanes) is 1. The van der Waals surface area contributed by atoms with Crippen molar-refractivity contribution in [2.24, 2.45) is 5.92 Å². The van der Waals surface area contributed by atoms with E-state index in [1.165, 1.54) is 0 Å². The molecule has 0 aliphatic carbocycles. The number of carboxylic acids is 1. The predicted octanol–water partition coefficient (Wildman–Crippen LogP) is 3.50. The van der Waals surface area contributed by atoms with E-state index >= 15 is 0 Å². The summed E-state index contributed by atoms with van der Waals surface area (Å²) in [6.45, 7) is 2.07. The second-order valence-corrected chi connectivity index (χ2v) is 4.35. The van der Waals surface area contributed by atoms with Gasteiger partial charge in [0.25, 0.3) is 0 Å². The molecule has 84 valence electrons. The van der Waals surface area contributed by atoms with Crippen LogP contribution < -0.4 is 0 Å². The van der Waals surface area contributed by atoms with Gasteiger partial charge in [-0.1, -0.05) is 19.8 Å². The molecule has 0 aliphatic rings. The summed E-state index contributed by atoms with van der Waals surface area (Å²) in [5, 5.41) is 8.52. The Balaban J connectivity index is 3.51. The molecule has 0 spiro atoms. The van der Waals surface area contributed by atoms with Gasteiger partial charge in [0.2, 0.25) is 0 Å². The predicted molar refractivity (Wildman–Crippen MR) is 60.2 cm³/mol. The Morgan fingerprint density at radius 1 is 1.43 bits per heavy atom. The van der Waals surface area contributed by atoms with Gasteiger partial charge in [0, 0.05) is 17.7 Å². The summed E-state index contributed by atoms with van der Waals surface area (Å²) in [4.78, 5) is 10.2. The lowest BCUT2D eigenvalue weighted by molar-refractivity contribution is -0.137. The minimum Gasteiger partial charge on any atom is -0.481 e. The summed E-state index contributed by atoms with van der Waals surface area (Å²) in [7, 11) is 0. The van der Waals surface area contributed by atoms with Crippen molar-refractivity contribution in [3.8, 4) is 0 Å². The number of carboxylic acid groups (broad SMARTS) is 1. The summed E-state index contributed by atoms with van der Waals surface area (Å²) in [5.74, 6) is 0.201. The molecule has 4 heteroatoms. The summed E-state index contributed by atoms with van der Waals surface area (Å²) in [6, 6.07) is 0. The van der Waals surface area contributed by atoms with Crippen molar-refractivity contribution in [1.29, 1.82) is 0 Å². The van der Waals surface area contributed by atoms with Crippen LogP contribution in [0.25, 0.3) is 0 Å². The van der Waals surface area contributed by atoms with Crippen LogP contribution in [0.2, 0.25) is 0 Å². The molecule has 0 saturated carbocycles. The Morgan fingerprint density at radius 3 is 2.50 bits per heavy atom. The molecular formula is C10H18Cl2O2. The molecule has 0 radical (unpaired) electrons. The first-order valence-electron chi connectivity index (χ1n) is 5.03. The van der Waals surface area contributed by atoms with Gasteiger partial charge in [-0.25, -0.2) is 0 Å². The van der Waals surface area contributed by atoms with Gasteiger partial charge >= 0.3 is 5.97 Å². The normalized spacial score (nSPS) is 15.1. The SMILES string of the molecule is CCC(CCl)C(Cl)CCCCC(=O)O. The molecule has 0 rings (SSSR count). The highest BCUT2D eigenvalue weighted by Crippen LogP contribution is 2.21. The van der Waals surface area contributed by atoms with Crippen LogP contribution in [-0.4, -0.2) is 22.3 Å². The van der Waals surface area contributed by atoms with Gasteiger partial charge in [0.1, 0.15) is 0 Å². The van der Waals surface area contributed by atoms with Gasteiger partial charge in [-0.3, -0.25) is 4.79 Å². The maximum Gasteiger partial charge on any atom is 0.303 e. The molecule has 0 heterocycles. The highest BCUT2D eigenvalue weighted by molar-refractivity contribution is 6.22. The van der Waals surface area contributed by atoms with E-state index in [0.717, 1.165) is 19.3 Å². The van der Waals surface area contributed by atoms with Gasteiger partial charge in [-0.05, 0) is 18.8 Å². The third kappa shape index (κ3) is 6.50. The number of hydrogen-bond donors (Lipinski definition) is 1. The fourth-order valence-corrected chi connectivity index (χ4v) is 2.26. The lowest BCUT2D eigenvalue weighted by Crippen LogP contribution is -2.15. The molecule has 2 atom stereocenters. The standard InChI is InChI=1S/C10H18Cl2O2/c1-2-8(7-11)9(12)5-3-4-6-10(13)14/h8-9H,2-7H2,1H3,(H,13,14). The van der Waals surface area contributed by atoms with Crippen LogP contribution in [0, 0.1) is 5.92 Å². The third-order valence-corrected chi connectivity index (χ3v) is 3.33. The second kappa shape index (κ2) is 8.37. The van der Waals surface area contributed by atoms with Crippen molar-refractivity contribution >= 4 is 29.2 Å². The van der Waals surface area contributed by atoms with Crippen LogP contribution in [0.4, 0.5) is 0 Å². The molecule has 1 N–H and O–H groups in total. The molecular weight excluding hydrogens is 223 g/mol. The fraction of sp³-hybridized carbons (Fsp3) is 0.900. The summed E-state index contributed by atoms with van der Waals surface area (Å²) >= 11 is 11.9. The van der Waals surface area contributed by atoms with Crippen molar-refractivity contribution in [1.82, 2.24) is 0 Å². The molecule has 0 bridgehead atoms. The van der Waals surface area contributed by atoms with E-state index < -0.39 is 5.97 Å². The Labute approximate surface area is 95.6 Å². The Hall–Kier alpha value is 0.0500. The minimum absolute atomic E-state index is 0.0892. The van der Waals surface area contributed by atoms with E-state index in [9.17, 15) is 4.79 Å². The molecule has 14 heavy (non-hydrogen) atoms. The quantitative estimate of drug-likeness (QED) is 0.521. The van der Waals surface area contributed by atoms with E-state index in [-0.39, 0.29) is 11.8 Å². The summed E-state index contributed by atoms with van der Waals surface area (Å²) < 4.78 is 0. The summed E-state index contributed by atoms with van der Waals surface area (Å²) in [5.41, 5.74) is 0. The molecule has 0 saturated heterocycles. The van der Waals surface area contributed by atoms with E-state index in [0.29, 0.717) is 18.2 Å². The Morgan fingerprint density at radius 2 is 2.07 bits per heavy atom. The zero-order chi connectivity index (χ0) is 11.0. The summed E-state index contributed by atoms with van der Waals surface area (Å²) in [6.07, 6.45) is 3.66. The molecule has 0 amide bonds. The average Bonchev–Trinajstić information content (AvgIpc) is 2.14. The third-order valence-electron chi connectivity index (χ3n) is 2.35. The Bertz CT molecular complexity index is 158. The van der Waals surface area contributed by atoms with Gasteiger partial charge < -0.3 is 5.11 Å². The van der Waals surface area contributed by atoms with Crippen molar-refractivity contribution < 1.29 is 9.90 Å². The van der Waals surface area contributed by atoms with E-state index in [2.05, 4.69) is 6.92 Å². The number of aliphatic carboxylic acids is 1. The molecule has 0 aromatic heterocycles. The van der Waals surface area contributed by atoms with Crippen molar-refractivity contribution in [2.45, 2.75) is 44.4 Å². The van der Waals surface area contributed by atoms with Crippen molar-refractivity contribution in [2.75, 3.05) is 5.88 Å². The van der Waals surface area contributed by atoms with Gasteiger partial charge in [-0.2, -0.15) is 0 Å². The zero-order valence-electron chi connectivity index (χ0n) is 8.51. The molecule has 2 unspecified atom stereocenters. The Kier molecular flexibility index (Phi) is 8.40. The van der Waals surface area contributed by atoms with Gasteiger partial charge in [0.05, 0.1) is 0 Å². The smallest absolute Gasteiger partial charge is 0.303 e. The lowest BCUT2D eigenvalue weighted by Gasteiger charge is -2.17. The average molecular weight is 241 g/mol. The van der Waals surface area contributed by atoms with Crippen LogP contribution >= 0.6 is 23.2 Å². The number of rotatable bonds is 8. The first kappa shape index (κ1) is 14.1. The zero-order valence-corrected chi connectivity index (χ0v) is 10.0. The number of halogens is 2. The van der Waals surface area contributed by atoms with Gasteiger partial charge in [-0.15, -0.1) is 23.2 Å². The van der Waals surface area contributed by atoms with Crippen molar-refractivity contribution in [3.05, 3.63) is 0 Å². The van der Waals surface area contributed by atoms with Crippen LogP contribution in [0.15, 0.2) is 0 Å². The monoisotopic (exact) mass is 240 g/mol. The van der Waals surface area contributed by atoms with Gasteiger partial charge in [0.15, 0.2) is 0 Å². The van der Waals surface area contributed by atoms with Crippen molar-refractivity contribution in [3.63, 3.8) is 0 Å². The minimum atomic E-state index is -0.736. The second-order valence-electron chi connectivity index (χ2n) is 3.48. The highest BCUT2D eigenvalue weighted by Gasteiger charge is 2.15. The first-order chi connectivity index (χ1) is 6.61. The fourth-order valence-electron chi connectivity index (χ4n) is 1.31. The number of hydrogen-bond acceptors (Lipinski definition) is 1. The van der Waals surface area contributed by atoms with E-state index in [1.807, 2.05) is 0 Å². The maximum absolute atomic E-state index is 10.2. The molecule has 0 aromatic carbocycles. The highest BCUT2D eigenvalue weighted by atomic mass is 35.5. The van der Waals surface area contributed by atoms with Crippen LogP contribution in [0.3, 0.4) is 0 Å². The van der Waals surface area contributed by atoms with E-state index in [4.69, 9.17) is 28.3 Å². The maximum atomic E-state index is 10.2. The van der Waals surface area contributed by atoms with Crippen LogP contribution in [0.5, 0.6) is 0 Å². The number of alkyl halides is 2. The molecule has 0 fully saturated rings. The largest absolute Gasteiger partial charge is 0.481 e. The van der Waals surface area contributed by atoms with Crippen LogP contribution in [0.1, 0.15) is 39.0 Å².